The van der Waals surface area contributed by atoms with Crippen molar-refractivity contribution in [2.24, 2.45) is 0 Å². The number of hydrogen-bond acceptors (Lipinski definition) is 3. The fourth-order valence-corrected chi connectivity index (χ4v) is 2.82. The van der Waals surface area contributed by atoms with Crippen molar-refractivity contribution < 1.29 is 4.79 Å². The second-order valence-corrected chi connectivity index (χ2v) is 5.39. The Hall–Kier alpha value is -2.00. The molecule has 0 N–H and O–H groups in total. The van der Waals surface area contributed by atoms with Crippen LogP contribution in [0.3, 0.4) is 0 Å². The van der Waals surface area contributed by atoms with Crippen LogP contribution in [0.15, 0.2) is 42.5 Å². The molecule has 0 radical (unpaired) electrons. The molecular weight excluding hydrogens is 242 g/mol. The summed E-state index contributed by atoms with van der Waals surface area (Å²) < 4.78 is 1.20. The van der Waals surface area contributed by atoms with Gasteiger partial charge in [0.25, 0.3) is 0 Å². The Morgan fingerprint density at radius 3 is 2.78 bits per heavy atom. The third kappa shape index (κ3) is 1.93. The van der Waals surface area contributed by atoms with Gasteiger partial charge >= 0.3 is 0 Å². The fraction of sp³-hybridized carbons (Fsp3) is 0.0667. The number of carbonyl (C=O) groups excluding carboxylic acids is 1. The highest BCUT2D eigenvalue weighted by molar-refractivity contribution is 7.18. The molecule has 0 saturated heterocycles. The molecule has 0 aliphatic carbocycles. The first kappa shape index (κ1) is 11.1. The van der Waals surface area contributed by atoms with E-state index in [-0.39, 0.29) is 0 Å². The summed E-state index contributed by atoms with van der Waals surface area (Å²) in [5, 5.41) is 1.07. The van der Waals surface area contributed by atoms with E-state index in [2.05, 4.69) is 23.2 Å². The number of aryl methyl sites for hydroxylation is 1. The molecular formula is C15H11NOS. The van der Waals surface area contributed by atoms with Gasteiger partial charge in [0.05, 0.1) is 15.2 Å². The standard InChI is InChI=1S/C15H11NOS/c1-10-16-14-8-13(5-6-15(14)18-10)12-4-2-3-11(7-12)9-17/h2-9H,1H3. The van der Waals surface area contributed by atoms with E-state index in [4.69, 9.17) is 0 Å². The van der Waals surface area contributed by atoms with Crippen molar-refractivity contribution in [1.82, 2.24) is 4.98 Å². The van der Waals surface area contributed by atoms with Crippen molar-refractivity contribution >= 4 is 27.8 Å². The van der Waals surface area contributed by atoms with Gasteiger partial charge in [-0.05, 0) is 36.2 Å². The number of carbonyl (C=O) groups is 1. The van der Waals surface area contributed by atoms with E-state index in [0.717, 1.165) is 27.9 Å². The Kier molecular flexibility index (Phi) is 2.68. The van der Waals surface area contributed by atoms with E-state index in [1.807, 2.05) is 31.2 Å². The third-order valence-electron chi connectivity index (χ3n) is 2.85. The molecule has 1 heterocycles. The molecule has 1 aromatic heterocycles. The van der Waals surface area contributed by atoms with E-state index >= 15 is 0 Å². The molecule has 3 heteroatoms. The van der Waals surface area contributed by atoms with Crippen molar-refractivity contribution in [2.75, 3.05) is 0 Å². The molecule has 0 aliphatic rings. The summed E-state index contributed by atoms with van der Waals surface area (Å²) in [6.07, 6.45) is 0.870. The first-order valence-electron chi connectivity index (χ1n) is 5.69. The van der Waals surface area contributed by atoms with Crippen LogP contribution in [0.5, 0.6) is 0 Å². The van der Waals surface area contributed by atoms with E-state index in [9.17, 15) is 4.79 Å². The van der Waals surface area contributed by atoms with Crippen LogP contribution in [0.25, 0.3) is 21.3 Å². The molecule has 0 aliphatic heterocycles. The zero-order chi connectivity index (χ0) is 12.5. The Balaban J connectivity index is 2.15. The molecule has 0 fully saturated rings. The summed E-state index contributed by atoms with van der Waals surface area (Å²) in [5.41, 5.74) is 3.86. The van der Waals surface area contributed by atoms with Gasteiger partial charge in [0.1, 0.15) is 6.29 Å². The molecule has 88 valence electrons. The summed E-state index contributed by atoms with van der Waals surface area (Å²) in [4.78, 5) is 15.3. The van der Waals surface area contributed by atoms with E-state index in [0.29, 0.717) is 5.56 Å². The minimum atomic E-state index is 0.696. The van der Waals surface area contributed by atoms with Crippen LogP contribution in [0.4, 0.5) is 0 Å². The number of nitrogens with zero attached hydrogens (tertiary/aromatic N) is 1. The maximum absolute atomic E-state index is 10.8. The van der Waals surface area contributed by atoms with Crippen molar-refractivity contribution in [3.8, 4) is 11.1 Å². The maximum Gasteiger partial charge on any atom is 0.150 e. The van der Waals surface area contributed by atoms with Crippen LogP contribution in [0.2, 0.25) is 0 Å². The minimum absolute atomic E-state index is 0.696. The Morgan fingerprint density at radius 1 is 1.11 bits per heavy atom. The largest absolute Gasteiger partial charge is 0.298 e. The summed E-state index contributed by atoms with van der Waals surface area (Å²) in [5.74, 6) is 0. The number of aldehydes is 1. The Morgan fingerprint density at radius 2 is 1.94 bits per heavy atom. The van der Waals surface area contributed by atoms with Gasteiger partial charge < -0.3 is 0 Å². The van der Waals surface area contributed by atoms with Crippen LogP contribution in [0.1, 0.15) is 15.4 Å². The second kappa shape index (κ2) is 4.35. The summed E-state index contributed by atoms with van der Waals surface area (Å²) >= 11 is 1.70. The topological polar surface area (TPSA) is 30.0 Å². The quantitative estimate of drug-likeness (QED) is 0.644. The lowest BCUT2D eigenvalue weighted by atomic mass is 10.0. The number of benzene rings is 2. The van der Waals surface area contributed by atoms with Crippen molar-refractivity contribution in [1.29, 1.82) is 0 Å². The average molecular weight is 253 g/mol. The molecule has 0 spiro atoms. The molecule has 0 bridgehead atoms. The monoisotopic (exact) mass is 253 g/mol. The molecule has 2 nitrogen and oxygen atoms in total. The van der Waals surface area contributed by atoms with Gasteiger partial charge in [0.15, 0.2) is 0 Å². The number of hydrogen-bond donors (Lipinski definition) is 0. The van der Waals surface area contributed by atoms with E-state index in [1.165, 1.54) is 4.70 Å². The molecule has 18 heavy (non-hydrogen) atoms. The molecule has 0 unspecified atom stereocenters. The van der Waals surface area contributed by atoms with Crippen molar-refractivity contribution in [3.05, 3.63) is 53.0 Å². The van der Waals surface area contributed by atoms with E-state index in [1.54, 1.807) is 11.3 Å². The smallest absolute Gasteiger partial charge is 0.150 e. The molecule has 2 aromatic carbocycles. The molecule has 0 saturated carbocycles. The molecule has 0 amide bonds. The Bertz CT molecular complexity index is 730. The lowest BCUT2D eigenvalue weighted by molar-refractivity contribution is 0.112. The summed E-state index contributed by atoms with van der Waals surface area (Å²) in [6.45, 7) is 2.01. The predicted octanol–water partition coefficient (Wildman–Crippen LogP) is 4.08. The summed E-state index contributed by atoms with van der Waals surface area (Å²) in [7, 11) is 0. The lowest BCUT2D eigenvalue weighted by Gasteiger charge is -2.02. The van der Waals surface area contributed by atoms with Crippen LogP contribution < -0.4 is 0 Å². The van der Waals surface area contributed by atoms with Crippen LogP contribution in [-0.2, 0) is 0 Å². The fourth-order valence-electron chi connectivity index (χ4n) is 2.01. The zero-order valence-electron chi connectivity index (χ0n) is 9.88. The van der Waals surface area contributed by atoms with Gasteiger partial charge in [-0.1, -0.05) is 24.3 Å². The highest BCUT2D eigenvalue weighted by Gasteiger charge is 2.04. The van der Waals surface area contributed by atoms with Gasteiger partial charge in [-0.15, -0.1) is 11.3 Å². The maximum atomic E-state index is 10.8. The van der Waals surface area contributed by atoms with Gasteiger partial charge in [0.2, 0.25) is 0 Å². The third-order valence-corrected chi connectivity index (χ3v) is 3.80. The highest BCUT2D eigenvalue weighted by atomic mass is 32.1. The summed E-state index contributed by atoms with van der Waals surface area (Å²) in [6, 6.07) is 13.8. The van der Waals surface area contributed by atoms with Gasteiger partial charge in [-0.2, -0.15) is 0 Å². The first-order chi connectivity index (χ1) is 8.76. The van der Waals surface area contributed by atoms with Crippen LogP contribution in [0, 0.1) is 6.92 Å². The van der Waals surface area contributed by atoms with Gasteiger partial charge in [-0.3, -0.25) is 4.79 Å². The minimum Gasteiger partial charge on any atom is -0.298 e. The highest BCUT2D eigenvalue weighted by Crippen LogP contribution is 2.27. The number of thiazole rings is 1. The average Bonchev–Trinajstić information content (AvgIpc) is 2.77. The number of rotatable bonds is 2. The van der Waals surface area contributed by atoms with Crippen LogP contribution >= 0.6 is 11.3 Å². The van der Waals surface area contributed by atoms with Crippen molar-refractivity contribution in [3.63, 3.8) is 0 Å². The molecule has 3 rings (SSSR count). The normalized spacial score (nSPS) is 10.7. The van der Waals surface area contributed by atoms with Crippen LogP contribution in [-0.4, -0.2) is 11.3 Å². The van der Waals surface area contributed by atoms with E-state index < -0.39 is 0 Å². The molecule has 3 aromatic rings. The Labute approximate surface area is 109 Å². The van der Waals surface area contributed by atoms with Gasteiger partial charge in [0, 0.05) is 5.56 Å². The second-order valence-electron chi connectivity index (χ2n) is 4.16. The SMILES string of the molecule is Cc1nc2cc(-c3cccc(C=O)c3)ccc2s1. The zero-order valence-corrected chi connectivity index (χ0v) is 10.7. The first-order valence-corrected chi connectivity index (χ1v) is 6.51. The molecule has 0 atom stereocenters. The van der Waals surface area contributed by atoms with Gasteiger partial charge in [-0.25, -0.2) is 4.98 Å². The lowest BCUT2D eigenvalue weighted by Crippen LogP contribution is -1.82. The van der Waals surface area contributed by atoms with Crippen molar-refractivity contribution in [2.45, 2.75) is 6.92 Å². The predicted molar refractivity (Wildman–Crippen MR) is 75.2 cm³/mol. The number of fused-ring (bicyclic) bond motifs is 1. The number of aromatic nitrogens is 1.